The molecule has 0 radical (unpaired) electrons. The second-order valence-electron chi connectivity index (χ2n) is 5.38. The summed E-state index contributed by atoms with van der Waals surface area (Å²) in [5.74, 6) is 1.10. The van der Waals surface area contributed by atoms with Crippen LogP contribution in [0.25, 0.3) is 0 Å². The monoisotopic (exact) mass is 267 g/mol. The summed E-state index contributed by atoms with van der Waals surface area (Å²) >= 11 is 0. The minimum Gasteiger partial charge on any atom is -0.488 e. The molecule has 1 saturated heterocycles. The molecule has 0 spiro atoms. The van der Waals surface area contributed by atoms with Gasteiger partial charge in [-0.2, -0.15) is 0 Å². The molecule has 1 aromatic carbocycles. The van der Waals surface area contributed by atoms with Crippen LogP contribution in [0, 0.1) is 11.7 Å². The molecule has 106 valence electrons. The lowest BCUT2D eigenvalue weighted by Crippen LogP contribution is -2.21. The van der Waals surface area contributed by atoms with Crippen LogP contribution in [0.2, 0.25) is 0 Å². The topological polar surface area (TPSA) is 30.5 Å². The van der Waals surface area contributed by atoms with Crippen molar-refractivity contribution in [1.82, 2.24) is 5.32 Å². The number of hydrogen-bond acceptors (Lipinski definition) is 3. The summed E-state index contributed by atoms with van der Waals surface area (Å²) in [7, 11) is 0. The minimum absolute atomic E-state index is 0.0920. The zero-order chi connectivity index (χ0) is 13.7. The van der Waals surface area contributed by atoms with E-state index in [0.717, 1.165) is 30.9 Å². The van der Waals surface area contributed by atoms with Crippen molar-refractivity contribution >= 4 is 0 Å². The van der Waals surface area contributed by atoms with Crippen LogP contribution in [0.15, 0.2) is 18.2 Å². The Balaban J connectivity index is 1.99. The average molecular weight is 267 g/mol. The van der Waals surface area contributed by atoms with E-state index in [1.165, 1.54) is 6.07 Å². The lowest BCUT2D eigenvalue weighted by Gasteiger charge is -2.16. The van der Waals surface area contributed by atoms with Crippen LogP contribution in [0.5, 0.6) is 5.75 Å². The van der Waals surface area contributed by atoms with Crippen molar-refractivity contribution in [1.29, 1.82) is 0 Å². The zero-order valence-corrected chi connectivity index (χ0v) is 11.6. The maximum Gasteiger partial charge on any atom is 0.124 e. The minimum atomic E-state index is -0.226. The molecule has 2 rings (SSSR count). The molecule has 1 N–H and O–H groups in total. The first-order valence-corrected chi connectivity index (χ1v) is 6.88. The van der Waals surface area contributed by atoms with Crippen molar-refractivity contribution < 1.29 is 13.9 Å². The first-order valence-electron chi connectivity index (χ1n) is 6.88. The fourth-order valence-electron chi connectivity index (χ4n) is 2.08. The highest BCUT2D eigenvalue weighted by Crippen LogP contribution is 2.23. The van der Waals surface area contributed by atoms with Crippen molar-refractivity contribution in [2.45, 2.75) is 32.9 Å². The third kappa shape index (κ3) is 4.48. The first-order chi connectivity index (χ1) is 9.15. The molecule has 19 heavy (non-hydrogen) atoms. The van der Waals surface area contributed by atoms with Gasteiger partial charge in [0.1, 0.15) is 17.7 Å². The van der Waals surface area contributed by atoms with Gasteiger partial charge in [-0.1, -0.05) is 13.8 Å². The highest BCUT2D eigenvalue weighted by molar-refractivity contribution is 5.34. The van der Waals surface area contributed by atoms with Crippen LogP contribution in [0.4, 0.5) is 4.39 Å². The smallest absolute Gasteiger partial charge is 0.124 e. The molecule has 0 bridgehead atoms. The van der Waals surface area contributed by atoms with Gasteiger partial charge in [0.15, 0.2) is 0 Å². The Kier molecular flexibility index (Phi) is 5.16. The number of benzene rings is 1. The molecule has 0 aliphatic carbocycles. The molecule has 0 amide bonds. The summed E-state index contributed by atoms with van der Waals surface area (Å²) in [6, 6.07) is 4.69. The Morgan fingerprint density at radius 2 is 2.32 bits per heavy atom. The van der Waals surface area contributed by atoms with Crippen LogP contribution in [-0.2, 0) is 11.3 Å². The summed E-state index contributed by atoms with van der Waals surface area (Å²) in [5.41, 5.74) is 0.868. The number of nitrogens with one attached hydrogen (secondary N) is 1. The molecule has 1 heterocycles. The third-order valence-corrected chi connectivity index (χ3v) is 3.07. The standard InChI is InChI=1S/C15H22FNO2/c1-11(2)8-17-9-12-7-13(16)3-4-15(12)19-14-5-6-18-10-14/h3-4,7,11,14,17H,5-6,8-10H2,1-2H3. The molecule has 0 aromatic heterocycles. The van der Waals surface area contributed by atoms with Crippen LogP contribution in [-0.4, -0.2) is 25.9 Å². The number of rotatable bonds is 6. The molecule has 0 saturated carbocycles. The molecule has 1 fully saturated rings. The molecule has 1 aliphatic heterocycles. The lowest BCUT2D eigenvalue weighted by molar-refractivity contribution is 0.140. The fraction of sp³-hybridized carbons (Fsp3) is 0.600. The van der Waals surface area contributed by atoms with Gasteiger partial charge in [0.2, 0.25) is 0 Å². The van der Waals surface area contributed by atoms with Gasteiger partial charge in [-0.3, -0.25) is 0 Å². The SMILES string of the molecule is CC(C)CNCc1cc(F)ccc1OC1CCOC1. The zero-order valence-electron chi connectivity index (χ0n) is 11.6. The van der Waals surface area contributed by atoms with E-state index >= 15 is 0 Å². The summed E-state index contributed by atoms with van der Waals surface area (Å²) in [5, 5.41) is 3.32. The highest BCUT2D eigenvalue weighted by Gasteiger charge is 2.18. The molecule has 1 aromatic rings. The van der Waals surface area contributed by atoms with Gasteiger partial charge in [0, 0.05) is 18.5 Å². The predicted molar refractivity (Wildman–Crippen MR) is 72.8 cm³/mol. The van der Waals surface area contributed by atoms with E-state index in [1.54, 1.807) is 12.1 Å². The second kappa shape index (κ2) is 6.87. The fourth-order valence-corrected chi connectivity index (χ4v) is 2.08. The Morgan fingerprint density at radius 3 is 3.00 bits per heavy atom. The van der Waals surface area contributed by atoms with E-state index in [4.69, 9.17) is 9.47 Å². The second-order valence-corrected chi connectivity index (χ2v) is 5.38. The van der Waals surface area contributed by atoms with Crippen molar-refractivity contribution in [2.75, 3.05) is 19.8 Å². The van der Waals surface area contributed by atoms with E-state index in [9.17, 15) is 4.39 Å². The van der Waals surface area contributed by atoms with E-state index in [1.807, 2.05) is 0 Å². The molecular weight excluding hydrogens is 245 g/mol. The largest absolute Gasteiger partial charge is 0.488 e. The summed E-state index contributed by atoms with van der Waals surface area (Å²) in [4.78, 5) is 0. The van der Waals surface area contributed by atoms with Gasteiger partial charge < -0.3 is 14.8 Å². The maximum atomic E-state index is 13.3. The molecule has 4 heteroatoms. The number of halogens is 1. The molecular formula is C15H22FNO2. The number of ether oxygens (including phenoxy) is 2. The van der Waals surface area contributed by atoms with Crippen molar-refractivity contribution in [3.63, 3.8) is 0 Å². The Bertz CT molecular complexity index is 403. The average Bonchev–Trinajstić information content (AvgIpc) is 2.85. The first kappa shape index (κ1) is 14.3. The van der Waals surface area contributed by atoms with Gasteiger partial charge in [0.25, 0.3) is 0 Å². The van der Waals surface area contributed by atoms with Gasteiger partial charge in [-0.15, -0.1) is 0 Å². The Labute approximate surface area is 114 Å². The van der Waals surface area contributed by atoms with E-state index in [-0.39, 0.29) is 11.9 Å². The van der Waals surface area contributed by atoms with E-state index in [0.29, 0.717) is 19.1 Å². The van der Waals surface area contributed by atoms with Crippen molar-refractivity contribution in [3.8, 4) is 5.75 Å². The highest BCUT2D eigenvalue weighted by atomic mass is 19.1. The normalized spacial score (nSPS) is 19.1. The third-order valence-electron chi connectivity index (χ3n) is 3.07. The van der Waals surface area contributed by atoms with Gasteiger partial charge in [-0.05, 0) is 30.7 Å². The summed E-state index contributed by atoms with van der Waals surface area (Å²) < 4.78 is 24.5. The molecule has 1 aliphatic rings. The Hall–Kier alpha value is -1.13. The van der Waals surface area contributed by atoms with Crippen LogP contribution in [0.3, 0.4) is 0 Å². The summed E-state index contributed by atoms with van der Waals surface area (Å²) in [6.07, 6.45) is 0.991. The van der Waals surface area contributed by atoms with Crippen LogP contribution >= 0.6 is 0 Å². The lowest BCUT2D eigenvalue weighted by atomic mass is 10.1. The van der Waals surface area contributed by atoms with E-state index in [2.05, 4.69) is 19.2 Å². The van der Waals surface area contributed by atoms with Crippen LogP contribution < -0.4 is 10.1 Å². The molecule has 1 atom stereocenters. The number of hydrogen-bond donors (Lipinski definition) is 1. The predicted octanol–water partition coefficient (Wildman–Crippen LogP) is 2.74. The van der Waals surface area contributed by atoms with Crippen molar-refractivity contribution in [3.05, 3.63) is 29.6 Å². The Morgan fingerprint density at radius 1 is 1.47 bits per heavy atom. The quantitative estimate of drug-likeness (QED) is 0.859. The molecule has 1 unspecified atom stereocenters. The van der Waals surface area contributed by atoms with Gasteiger partial charge in [0.05, 0.1) is 13.2 Å². The van der Waals surface area contributed by atoms with Gasteiger partial charge >= 0.3 is 0 Å². The van der Waals surface area contributed by atoms with E-state index < -0.39 is 0 Å². The van der Waals surface area contributed by atoms with Crippen LogP contribution in [0.1, 0.15) is 25.8 Å². The van der Waals surface area contributed by atoms with Crippen molar-refractivity contribution in [2.24, 2.45) is 5.92 Å². The maximum absolute atomic E-state index is 13.3. The molecule has 3 nitrogen and oxygen atoms in total. The van der Waals surface area contributed by atoms with Gasteiger partial charge in [-0.25, -0.2) is 4.39 Å². The summed E-state index contributed by atoms with van der Waals surface area (Å²) in [6.45, 7) is 7.18.